The van der Waals surface area contributed by atoms with Crippen LogP contribution in [-0.2, 0) is 9.59 Å². The molecule has 0 spiro atoms. The van der Waals surface area contributed by atoms with E-state index in [2.05, 4.69) is 5.32 Å². The summed E-state index contributed by atoms with van der Waals surface area (Å²) in [5, 5.41) is 20.5. The highest BCUT2D eigenvalue weighted by atomic mass is 16.4. The maximum atomic E-state index is 12.0. The Bertz CT molecular complexity index is 551. The van der Waals surface area contributed by atoms with E-state index < -0.39 is 11.9 Å². The summed E-state index contributed by atoms with van der Waals surface area (Å²) >= 11 is 0. The molecule has 0 bridgehead atoms. The monoisotopic (exact) mass is 289 g/mol. The molecule has 2 N–H and O–H groups in total. The van der Waals surface area contributed by atoms with Crippen molar-refractivity contribution in [2.45, 2.75) is 13.8 Å². The number of carbonyl (C=O) groups is 2. The number of hydrogen-bond donors (Lipinski definition) is 2. The van der Waals surface area contributed by atoms with Crippen LogP contribution in [0.5, 0.6) is 0 Å². The molecular weight excluding hydrogens is 270 g/mol. The largest absolute Gasteiger partial charge is 0.481 e. The van der Waals surface area contributed by atoms with E-state index in [1.54, 1.807) is 36.1 Å². The van der Waals surface area contributed by atoms with Gasteiger partial charge in [-0.25, -0.2) is 0 Å². The van der Waals surface area contributed by atoms with Crippen molar-refractivity contribution in [3.63, 3.8) is 0 Å². The number of amides is 1. The lowest BCUT2D eigenvalue weighted by molar-refractivity contribution is -0.142. The highest BCUT2D eigenvalue weighted by Gasteiger charge is 2.17. The van der Waals surface area contributed by atoms with Crippen molar-refractivity contribution in [1.29, 1.82) is 5.26 Å². The fourth-order valence-electron chi connectivity index (χ4n) is 1.85. The lowest BCUT2D eigenvalue weighted by Crippen LogP contribution is -2.37. The van der Waals surface area contributed by atoms with Crippen molar-refractivity contribution in [1.82, 2.24) is 4.90 Å². The Morgan fingerprint density at radius 1 is 1.43 bits per heavy atom. The van der Waals surface area contributed by atoms with Gasteiger partial charge in [-0.1, -0.05) is 26.0 Å². The van der Waals surface area contributed by atoms with Crippen LogP contribution in [0.1, 0.15) is 19.4 Å². The molecule has 0 fully saturated rings. The van der Waals surface area contributed by atoms with Crippen LogP contribution in [0.25, 0.3) is 0 Å². The molecule has 1 atom stereocenters. The molecule has 6 nitrogen and oxygen atoms in total. The van der Waals surface area contributed by atoms with Gasteiger partial charge in [0.05, 0.1) is 23.7 Å². The fraction of sp³-hybridized carbons (Fsp3) is 0.400. The first-order chi connectivity index (χ1) is 9.97. The van der Waals surface area contributed by atoms with Crippen molar-refractivity contribution in [3.05, 3.63) is 29.8 Å². The Hall–Kier alpha value is -2.39. The minimum absolute atomic E-state index is 0.0912. The Kier molecular flexibility index (Phi) is 6.37. The Balaban J connectivity index is 2.63. The minimum atomic E-state index is -0.885. The smallest absolute Gasteiger partial charge is 0.307 e. The number of aliphatic carboxylic acids is 1. The zero-order valence-electron chi connectivity index (χ0n) is 12.2. The molecule has 0 aliphatic heterocycles. The van der Waals surface area contributed by atoms with E-state index in [0.717, 1.165) is 0 Å². The van der Waals surface area contributed by atoms with Gasteiger partial charge in [-0.2, -0.15) is 5.26 Å². The Labute approximate surface area is 124 Å². The maximum Gasteiger partial charge on any atom is 0.307 e. The normalized spacial score (nSPS) is 11.7. The summed E-state index contributed by atoms with van der Waals surface area (Å²) in [5.74, 6) is -1.69. The van der Waals surface area contributed by atoms with E-state index in [1.807, 2.05) is 13.0 Å². The van der Waals surface area contributed by atoms with Gasteiger partial charge in [0.1, 0.15) is 6.07 Å². The lowest BCUT2D eigenvalue weighted by atomic mass is 10.1. The number of anilines is 1. The van der Waals surface area contributed by atoms with Crippen LogP contribution < -0.4 is 5.32 Å². The second kappa shape index (κ2) is 8.02. The highest BCUT2D eigenvalue weighted by Crippen LogP contribution is 2.13. The van der Waals surface area contributed by atoms with Crippen molar-refractivity contribution < 1.29 is 14.7 Å². The molecule has 0 heterocycles. The first-order valence-electron chi connectivity index (χ1n) is 6.72. The van der Waals surface area contributed by atoms with E-state index in [1.165, 1.54) is 0 Å². The van der Waals surface area contributed by atoms with Crippen LogP contribution in [-0.4, -0.2) is 41.5 Å². The molecule has 0 saturated heterocycles. The molecule has 6 heteroatoms. The van der Waals surface area contributed by atoms with Gasteiger partial charge in [0.15, 0.2) is 0 Å². The number of carboxylic acids is 1. The summed E-state index contributed by atoms with van der Waals surface area (Å²) in [6, 6.07) is 8.75. The number of nitrogens with one attached hydrogen (secondary N) is 1. The average molecular weight is 289 g/mol. The average Bonchev–Trinajstić information content (AvgIpc) is 2.46. The molecule has 21 heavy (non-hydrogen) atoms. The number of benzene rings is 1. The van der Waals surface area contributed by atoms with E-state index in [9.17, 15) is 9.59 Å². The predicted molar refractivity (Wildman–Crippen MR) is 78.7 cm³/mol. The summed E-state index contributed by atoms with van der Waals surface area (Å²) in [7, 11) is 0. The van der Waals surface area contributed by atoms with Crippen molar-refractivity contribution >= 4 is 17.6 Å². The number of likely N-dealkylation sites (N-methyl/N-ethyl adjacent to an activating group) is 1. The van der Waals surface area contributed by atoms with Gasteiger partial charge in [0.2, 0.25) is 5.91 Å². The maximum absolute atomic E-state index is 12.0. The van der Waals surface area contributed by atoms with Gasteiger partial charge >= 0.3 is 5.97 Å². The molecular formula is C15H19N3O3. The van der Waals surface area contributed by atoms with Crippen molar-refractivity contribution in [2.24, 2.45) is 5.92 Å². The Morgan fingerprint density at radius 3 is 2.67 bits per heavy atom. The SMILES string of the molecule is CCN(CC(=O)Nc1ccccc1C#N)CC(C)C(=O)O. The minimum Gasteiger partial charge on any atom is -0.481 e. The van der Waals surface area contributed by atoms with Crippen LogP contribution in [0.4, 0.5) is 5.69 Å². The number of rotatable bonds is 7. The van der Waals surface area contributed by atoms with Crippen LogP contribution >= 0.6 is 0 Å². The zero-order chi connectivity index (χ0) is 15.8. The molecule has 1 amide bonds. The van der Waals surface area contributed by atoms with E-state index >= 15 is 0 Å². The summed E-state index contributed by atoms with van der Waals surface area (Å²) < 4.78 is 0. The number of nitriles is 1. The van der Waals surface area contributed by atoms with Gasteiger partial charge in [0, 0.05) is 6.54 Å². The molecule has 112 valence electrons. The van der Waals surface area contributed by atoms with E-state index in [4.69, 9.17) is 10.4 Å². The van der Waals surface area contributed by atoms with Crippen molar-refractivity contribution in [2.75, 3.05) is 25.0 Å². The van der Waals surface area contributed by atoms with Gasteiger partial charge in [0.25, 0.3) is 0 Å². The predicted octanol–water partition coefficient (Wildman–Crippen LogP) is 1.54. The summed E-state index contributed by atoms with van der Waals surface area (Å²) in [6.45, 7) is 4.44. The number of nitrogens with zero attached hydrogens (tertiary/aromatic N) is 2. The van der Waals surface area contributed by atoms with E-state index in [0.29, 0.717) is 24.3 Å². The molecule has 0 radical (unpaired) electrons. The first-order valence-corrected chi connectivity index (χ1v) is 6.72. The number of carbonyl (C=O) groups excluding carboxylic acids is 1. The summed E-state index contributed by atoms with van der Waals surface area (Å²) in [6.07, 6.45) is 0. The highest BCUT2D eigenvalue weighted by molar-refractivity contribution is 5.93. The van der Waals surface area contributed by atoms with Crippen molar-refractivity contribution in [3.8, 4) is 6.07 Å². The van der Waals surface area contributed by atoms with Crippen LogP contribution in [0.2, 0.25) is 0 Å². The number of hydrogen-bond acceptors (Lipinski definition) is 4. The molecule has 1 rings (SSSR count). The standard InChI is InChI=1S/C15H19N3O3/c1-3-18(9-11(2)15(20)21)10-14(19)17-13-7-5-4-6-12(13)8-16/h4-7,11H,3,9-10H2,1-2H3,(H,17,19)(H,20,21). The van der Waals surface area contributed by atoms with Gasteiger partial charge in [-0.05, 0) is 18.7 Å². The van der Waals surface area contributed by atoms with Gasteiger partial charge < -0.3 is 10.4 Å². The zero-order valence-corrected chi connectivity index (χ0v) is 12.2. The first kappa shape index (κ1) is 16.7. The summed E-state index contributed by atoms with van der Waals surface area (Å²) in [4.78, 5) is 24.6. The summed E-state index contributed by atoms with van der Waals surface area (Å²) in [5.41, 5.74) is 0.861. The molecule has 0 aliphatic carbocycles. The quantitative estimate of drug-likeness (QED) is 0.794. The molecule has 1 aromatic carbocycles. The topological polar surface area (TPSA) is 93.4 Å². The lowest BCUT2D eigenvalue weighted by Gasteiger charge is -2.21. The second-order valence-corrected chi connectivity index (χ2v) is 4.77. The second-order valence-electron chi connectivity index (χ2n) is 4.77. The molecule has 0 aromatic heterocycles. The third-order valence-electron chi connectivity index (χ3n) is 3.09. The molecule has 0 aliphatic rings. The van der Waals surface area contributed by atoms with Crippen LogP contribution in [0.3, 0.4) is 0 Å². The van der Waals surface area contributed by atoms with Crippen LogP contribution in [0.15, 0.2) is 24.3 Å². The fourth-order valence-corrected chi connectivity index (χ4v) is 1.85. The molecule has 1 aromatic rings. The van der Waals surface area contributed by atoms with Gasteiger partial charge in [-0.15, -0.1) is 0 Å². The third kappa shape index (κ3) is 5.24. The molecule has 0 saturated carbocycles. The van der Waals surface area contributed by atoms with Crippen LogP contribution in [0, 0.1) is 17.2 Å². The third-order valence-corrected chi connectivity index (χ3v) is 3.09. The van der Waals surface area contributed by atoms with E-state index in [-0.39, 0.29) is 12.5 Å². The molecule has 1 unspecified atom stereocenters. The van der Waals surface area contributed by atoms with Gasteiger partial charge in [-0.3, -0.25) is 14.5 Å². The number of carboxylic acid groups (broad SMARTS) is 1. The Morgan fingerprint density at radius 2 is 2.10 bits per heavy atom. The number of para-hydroxylation sites is 1.